The zero-order valence-electron chi connectivity index (χ0n) is 5.12. The van der Waals surface area contributed by atoms with E-state index in [2.05, 4.69) is 4.98 Å². The number of nitrogens with zero attached hydrogens (tertiary/aromatic N) is 1. The van der Waals surface area contributed by atoms with Gasteiger partial charge in [0.15, 0.2) is 0 Å². The molecule has 0 radical (unpaired) electrons. The molecule has 3 N–H and O–H groups in total. The number of hydrogen-bond donors (Lipinski definition) is 3. The predicted octanol–water partition coefficient (Wildman–Crippen LogP) is -0.377. The van der Waals surface area contributed by atoms with Crippen LogP contribution in [0.1, 0.15) is 0 Å². The summed E-state index contributed by atoms with van der Waals surface area (Å²) < 4.78 is 0. The SMILES string of the molecule is OP(O)O.[NaH].c1ccncc1. The van der Waals surface area contributed by atoms with Crippen molar-refractivity contribution in [1.82, 2.24) is 4.98 Å². The van der Waals surface area contributed by atoms with Crippen molar-refractivity contribution >= 4 is 38.2 Å². The minimum absolute atomic E-state index is 0. The number of hydrogen-bond acceptors (Lipinski definition) is 4. The summed E-state index contributed by atoms with van der Waals surface area (Å²) in [6.07, 6.45) is 3.50. The molecular weight excluding hydrogens is 176 g/mol. The van der Waals surface area contributed by atoms with Crippen molar-refractivity contribution < 1.29 is 14.7 Å². The standard InChI is InChI=1S/C5H5N.Na.H3O3P.H/c1-2-4-6-5-3-1;;1-4(2)3;/h1-5H;;1-3H;. The van der Waals surface area contributed by atoms with Gasteiger partial charge in [0.1, 0.15) is 0 Å². The van der Waals surface area contributed by atoms with Crippen molar-refractivity contribution in [1.29, 1.82) is 0 Å². The van der Waals surface area contributed by atoms with Gasteiger partial charge in [0.2, 0.25) is 0 Å². The topological polar surface area (TPSA) is 73.6 Å². The Kier molecular flexibility index (Phi) is 13.3. The molecule has 0 unspecified atom stereocenters. The van der Waals surface area contributed by atoms with Crippen LogP contribution < -0.4 is 0 Å². The van der Waals surface area contributed by atoms with E-state index in [1.807, 2.05) is 18.2 Å². The normalized spacial score (nSPS) is 7.64. The Morgan fingerprint density at radius 3 is 1.36 bits per heavy atom. The molecule has 0 saturated heterocycles. The Balaban J connectivity index is 0. The molecular formula is C5H9NNaO3P. The molecule has 0 spiro atoms. The maximum Gasteiger partial charge on any atom is 0.0267 e. The van der Waals surface area contributed by atoms with E-state index in [1.165, 1.54) is 0 Å². The Morgan fingerprint density at radius 2 is 1.27 bits per heavy atom. The number of aromatic nitrogens is 1. The van der Waals surface area contributed by atoms with Gasteiger partial charge in [-0.15, -0.1) is 0 Å². The van der Waals surface area contributed by atoms with Gasteiger partial charge in [-0.05, 0) is 12.1 Å². The van der Waals surface area contributed by atoms with Gasteiger partial charge in [0.25, 0.3) is 0 Å². The van der Waals surface area contributed by atoms with Crippen LogP contribution in [0.3, 0.4) is 0 Å². The van der Waals surface area contributed by atoms with Crippen molar-refractivity contribution in [3.05, 3.63) is 30.6 Å². The third-order valence-electron chi connectivity index (χ3n) is 0.566. The largest absolute Gasteiger partial charge is 0.265 e. The van der Waals surface area contributed by atoms with Crippen LogP contribution >= 0.6 is 8.60 Å². The molecule has 0 aliphatic heterocycles. The summed E-state index contributed by atoms with van der Waals surface area (Å²) in [5.41, 5.74) is 0. The molecule has 0 aliphatic rings. The van der Waals surface area contributed by atoms with Crippen LogP contribution in [0.15, 0.2) is 30.6 Å². The maximum absolute atomic E-state index is 7.23. The van der Waals surface area contributed by atoms with Crippen LogP contribution in [0.2, 0.25) is 0 Å². The Bertz CT molecular complexity index is 122. The van der Waals surface area contributed by atoms with Crippen LogP contribution in [-0.4, -0.2) is 49.2 Å². The van der Waals surface area contributed by atoms with Crippen LogP contribution in [0.25, 0.3) is 0 Å². The molecule has 4 nitrogen and oxygen atoms in total. The van der Waals surface area contributed by atoms with E-state index < -0.39 is 8.60 Å². The average molecular weight is 185 g/mol. The van der Waals surface area contributed by atoms with Gasteiger partial charge in [-0.3, -0.25) is 4.98 Å². The predicted molar refractivity (Wildman–Crippen MR) is 45.0 cm³/mol. The molecule has 0 aromatic carbocycles. The van der Waals surface area contributed by atoms with Gasteiger partial charge in [-0.25, -0.2) is 0 Å². The maximum atomic E-state index is 7.23. The fourth-order valence-electron chi connectivity index (χ4n) is 0.313. The first kappa shape index (κ1) is 14.0. The Hall–Kier alpha value is 0.460. The van der Waals surface area contributed by atoms with E-state index in [9.17, 15) is 0 Å². The van der Waals surface area contributed by atoms with Crippen molar-refractivity contribution in [2.45, 2.75) is 0 Å². The summed E-state index contributed by atoms with van der Waals surface area (Å²) in [6, 6.07) is 5.72. The summed E-state index contributed by atoms with van der Waals surface area (Å²) in [6.45, 7) is 0. The molecule has 1 aromatic heterocycles. The first-order chi connectivity index (χ1) is 4.73. The number of rotatable bonds is 0. The van der Waals surface area contributed by atoms with Gasteiger partial charge in [0, 0.05) is 12.4 Å². The van der Waals surface area contributed by atoms with E-state index >= 15 is 0 Å². The van der Waals surface area contributed by atoms with Gasteiger partial charge in [-0.1, -0.05) is 6.07 Å². The van der Waals surface area contributed by atoms with Crippen molar-refractivity contribution in [2.24, 2.45) is 0 Å². The van der Waals surface area contributed by atoms with Crippen molar-refractivity contribution in [3.63, 3.8) is 0 Å². The Morgan fingerprint density at radius 1 is 0.909 bits per heavy atom. The molecule has 0 amide bonds. The molecule has 0 atom stereocenters. The van der Waals surface area contributed by atoms with Crippen molar-refractivity contribution in [3.8, 4) is 0 Å². The molecule has 6 heteroatoms. The van der Waals surface area contributed by atoms with Gasteiger partial charge < -0.3 is 14.7 Å². The molecule has 58 valence electrons. The molecule has 0 bridgehead atoms. The van der Waals surface area contributed by atoms with E-state index in [0.29, 0.717) is 0 Å². The zero-order valence-corrected chi connectivity index (χ0v) is 6.02. The number of pyridine rings is 1. The summed E-state index contributed by atoms with van der Waals surface area (Å²) in [5.74, 6) is 0. The van der Waals surface area contributed by atoms with E-state index in [0.717, 1.165) is 0 Å². The second kappa shape index (κ2) is 10.5. The van der Waals surface area contributed by atoms with Crippen LogP contribution in [0.4, 0.5) is 0 Å². The molecule has 11 heavy (non-hydrogen) atoms. The van der Waals surface area contributed by atoms with E-state index in [4.69, 9.17) is 14.7 Å². The molecule has 0 saturated carbocycles. The van der Waals surface area contributed by atoms with Gasteiger partial charge in [0.05, 0.1) is 0 Å². The summed E-state index contributed by atoms with van der Waals surface area (Å²) in [7, 11) is -2.62. The summed E-state index contributed by atoms with van der Waals surface area (Å²) in [4.78, 5) is 25.5. The second-order valence-electron chi connectivity index (χ2n) is 1.29. The monoisotopic (exact) mass is 185 g/mol. The van der Waals surface area contributed by atoms with Gasteiger partial charge in [-0.2, -0.15) is 0 Å². The zero-order chi connectivity index (χ0) is 7.82. The third kappa shape index (κ3) is 17.9. The smallest absolute Gasteiger partial charge is 0.0267 e. The van der Waals surface area contributed by atoms with E-state index in [-0.39, 0.29) is 29.6 Å². The third-order valence-corrected chi connectivity index (χ3v) is 0.566. The molecule has 1 heterocycles. The Labute approximate surface area is 88.2 Å². The van der Waals surface area contributed by atoms with Crippen LogP contribution in [-0.2, 0) is 0 Å². The molecule has 0 aliphatic carbocycles. The second-order valence-corrected chi connectivity index (χ2v) is 1.83. The molecule has 1 aromatic rings. The summed E-state index contributed by atoms with van der Waals surface area (Å²) >= 11 is 0. The molecule has 0 fully saturated rings. The van der Waals surface area contributed by atoms with E-state index in [1.54, 1.807) is 12.4 Å². The van der Waals surface area contributed by atoms with Crippen LogP contribution in [0, 0.1) is 0 Å². The average Bonchev–Trinajstić information content (AvgIpc) is 1.90. The van der Waals surface area contributed by atoms with Gasteiger partial charge >= 0.3 is 38.2 Å². The quantitative estimate of drug-likeness (QED) is 0.380. The fourth-order valence-corrected chi connectivity index (χ4v) is 0.313. The minimum atomic E-state index is -2.62. The first-order valence-electron chi connectivity index (χ1n) is 2.45. The molecule has 1 rings (SSSR count). The summed E-state index contributed by atoms with van der Waals surface area (Å²) in [5, 5.41) is 0. The van der Waals surface area contributed by atoms with Crippen LogP contribution in [0.5, 0.6) is 0 Å². The fraction of sp³-hybridized carbons (Fsp3) is 0. The first-order valence-corrected chi connectivity index (χ1v) is 3.65. The minimum Gasteiger partial charge on any atom is -0.265 e. The van der Waals surface area contributed by atoms with Crippen molar-refractivity contribution in [2.75, 3.05) is 0 Å².